The Labute approximate surface area is 95.5 Å². The molecular formula is C10H9BrS2. The van der Waals surface area contributed by atoms with E-state index >= 15 is 0 Å². The maximum Gasteiger partial charge on any atom is 0.0357 e. The average molecular weight is 273 g/mol. The highest BCUT2D eigenvalue weighted by molar-refractivity contribution is 9.10. The van der Waals surface area contributed by atoms with Gasteiger partial charge in [0.1, 0.15) is 0 Å². The van der Waals surface area contributed by atoms with Crippen LogP contribution in [0.25, 0.3) is 10.1 Å². The summed E-state index contributed by atoms with van der Waals surface area (Å²) >= 11 is 9.86. The van der Waals surface area contributed by atoms with Crippen molar-refractivity contribution in [1.29, 1.82) is 0 Å². The van der Waals surface area contributed by atoms with Gasteiger partial charge in [0, 0.05) is 19.5 Å². The maximum absolute atomic E-state index is 4.51. The van der Waals surface area contributed by atoms with E-state index in [4.69, 9.17) is 0 Å². The lowest BCUT2D eigenvalue weighted by Crippen LogP contribution is -1.83. The molecular weight excluding hydrogens is 264 g/mol. The van der Waals surface area contributed by atoms with Crippen LogP contribution in [0.2, 0.25) is 0 Å². The molecule has 0 unspecified atom stereocenters. The minimum absolute atomic E-state index is 1.04. The summed E-state index contributed by atoms with van der Waals surface area (Å²) in [5, 5.41) is 3.36. The molecule has 13 heavy (non-hydrogen) atoms. The van der Waals surface area contributed by atoms with Gasteiger partial charge >= 0.3 is 0 Å². The molecule has 1 aromatic carbocycles. The van der Waals surface area contributed by atoms with Crippen LogP contribution in [-0.4, -0.2) is 0 Å². The number of hydrogen-bond acceptors (Lipinski definition) is 2. The van der Waals surface area contributed by atoms with Crippen LogP contribution in [0.3, 0.4) is 0 Å². The second-order valence-corrected chi connectivity index (χ2v) is 5.07. The first-order valence-electron chi connectivity index (χ1n) is 4.11. The molecule has 0 amide bonds. The van der Waals surface area contributed by atoms with Gasteiger partial charge in [0.15, 0.2) is 0 Å². The average Bonchev–Trinajstić information content (AvgIpc) is 2.59. The molecule has 0 aliphatic carbocycles. The van der Waals surface area contributed by atoms with Crippen molar-refractivity contribution in [3.8, 4) is 0 Å². The molecule has 2 rings (SSSR count). The predicted molar refractivity (Wildman–Crippen MR) is 66.2 cm³/mol. The summed E-state index contributed by atoms with van der Waals surface area (Å²) in [4.78, 5) is 1.07. The highest BCUT2D eigenvalue weighted by Gasteiger charge is 2.07. The first-order chi connectivity index (χ1) is 6.24. The van der Waals surface area contributed by atoms with Gasteiger partial charge in [-0.1, -0.05) is 6.92 Å². The van der Waals surface area contributed by atoms with Crippen LogP contribution in [0.1, 0.15) is 12.5 Å². The number of hydrogen-bond donors (Lipinski definition) is 1. The monoisotopic (exact) mass is 272 g/mol. The van der Waals surface area contributed by atoms with E-state index in [0.29, 0.717) is 0 Å². The summed E-state index contributed by atoms with van der Waals surface area (Å²) < 4.78 is 2.47. The zero-order chi connectivity index (χ0) is 9.42. The van der Waals surface area contributed by atoms with Crippen molar-refractivity contribution in [1.82, 2.24) is 0 Å². The molecule has 2 aromatic rings. The minimum Gasteiger partial charge on any atom is -0.144 e. The van der Waals surface area contributed by atoms with Crippen LogP contribution < -0.4 is 0 Å². The summed E-state index contributed by atoms with van der Waals surface area (Å²) in [6, 6.07) is 4.36. The van der Waals surface area contributed by atoms with Crippen molar-refractivity contribution >= 4 is 50.0 Å². The van der Waals surface area contributed by atoms with Crippen LogP contribution in [-0.2, 0) is 6.42 Å². The lowest BCUT2D eigenvalue weighted by atomic mass is 10.1. The number of rotatable bonds is 1. The van der Waals surface area contributed by atoms with Gasteiger partial charge in [-0.15, -0.1) is 24.0 Å². The number of aryl methyl sites for hydroxylation is 1. The third-order valence-corrected chi connectivity index (χ3v) is 4.67. The lowest BCUT2D eigenvalue weighted by Gasteiger charge is -2.05. The fourth-order valence-electron chi connectivity index (χ4n) is 1.38. The predicted octanol–water partition coefficient (Wildman–Crippen LogP) is 4.51. The van der Waals surface area contributed by atoms with E-state index in [9.17, 15) is 0 Å². The molecule has 0 bridgehead atoms. The second kappa shape index (κ2) is 3.64. The Hall–Kier alpha value is 0.01000. The standard InChI is InChI=1S/C10H9BrS2/c1-2-6-5-8-7(3-4-13-8)10(12)9(6)11/h3-5,12H,2H2,1H3. The summed E-state index contributed by atoms with van der Waals surface area (Å²) in [5.74, 6) is 0. The van der Waals surface area contributed by atoms with Gasteiger partial charge in [0.2, 0.25) is 0 Å². The number of thiol groups is 1. The number of thiophene rings is 1. The fraction of sp³-hybridized carbons (Fsp3) is 0.200. The molecule has 0 aliphatic heterocycles. The molecule has 0 aliphatic rings. The molecule has 1 heterocycles. The van der Waals surface area contributed by atoms with Gasteiger partial charge < -0.3 is 0 Å². The minimum atomic E-state index is 1.04. The first kappa shape index (κ1) is 9.56. The molecule has 3 heteroatoms. The van der Waals surface area contributed by atoms with Crippen molar-refractivity contribution in [3.05, 3.63) is 27.5 Å². The smallest absolute Gasteiger partial charge is 0.0357 e. The second-order valence-electron chi connectivity index (χ2n) is 2.88. The highest BCUT2D eigenvalue weighted by atomic mass is 79.9. The summed E-state index contributed by atoms with van der Waals surface area (Å²) in [5.41, 5.74) is 1.33. The Kier molecular flexibility index (Phi) is 2.67. The van der Waals surface area contributed by atoms with Crippen LogP contribution >= 0.6 is 39.9 Å². The lowest BCUT2D eigenvalue weighted by molar-refractivity contribution is 1.12. The van der Waals surface area contributed by atoms with Gasteiger partial charge in [-0.25, -0.2) is 0 Å². The van der Waals surface area contributed by atoms with E-state index in [1.54, 1.807) is 11.3 Å². The molecule has 0 N–H and O–H groups in total. The molecule has 0 radical (unpaired) electrons. The zero-order valence-electron chi connectivity index (χ0n) is 7.17. The molecule has 1 aromatic heterocycles. The Morgan fingerprint density at radius 3 is 3.00 bits per heavy atom. The largest absolute Gasteiger partial charge is 0.144 e. The number of benzene rings is 1. The number of halogens is 1. The van der Waals surface area contributed by atoms with E-state index in [0.717, 1.165) is 15.8 Å². The number of fused-ring (bicyclic) bond motifs is 1. The van der Waals surface area contributed by atoms with Gasteiger partial charge in [-0.3, -0.25) is 0 Å². The van der Waals surface area contributed by atoms with Crippen LogP contribution in [0.5, 0.6) is 0 Å². The van der Waals surface area contributed by atoms with Crippen molar-refractivity contribution in [2.75, 3.05) is 0 Å². The highest BCUT2D eigenvalue weighted by Crippen LogP contribution is 2.35. The van der Waals surface area contributed by atoms with E-state index in [1.165, 1.54) is 15.6 Å². The molecule has 0 fully saturated rings. The molecule has 0 atom stereocenters. The Bertz CT molecular complexity index is 445. The van der Waals surface area contributed by atoms with Gasteiger partial charge in [0.25, 0.3) is 0 Å². The quantitative estimate of drug-likeness (QED) is 0.726. The molecule has 0 nitrogen and oxygen atoms in total. The first-order valence-corrected chi connectivity index (χ1v) is 6.23. The maximum atomic E-state index is 4.51. The van der Waals surface area contributed by atoms with E-state index in [1.807, 2.05) is 0 Å². The van der Waals surface area contributed by atoms with E-state index < -0.39 is 0 Å². The third-order valence-electron chi connectivity index (χ3n) is 2.13. The SMILES string of the molecule is CCc1cc2sccc2c(S)c1Br. The van der Waals surface area contributed by atoms with Gasteiger partial charge in [-0.05, 0) is 45.4 Å². The Morgan fingerprint density at radius 1 is 1.54 bits per heavy atom. The van der Waals surface area contributed by atoms with Crippen molar-refractivity contribution in [2.24, 2.45) is 0 Å². The molecule has 0 spiro atoms. The Morgan fingerprint density at radius 2 is 2.31 bits per heavy atom. The zero-order valence-corrected chi connectivity index (χ0v) is 10.5. The fourth-order valence-corrected chi connectivity index (χ4v) is 3.26. The topological polar surface area (TPSA) is 0 Å². The summed E-state index contributed by atoms with van der Waals surface area (Å²) in [6.45, 7) is 2.16. The summed E-state index contributed by atoms with van der Waals surface area (Å²) in [7, 11) is 0. The van der Waals surface area contributed by atoms with Crippen LogP contribution in [0.4, 0.5) is 0 Å². The third kappa shape index (κ3) is 1.53. The Balaban J connectivity index is 2.83. The van der Waals surface area contributed by atoms with Crippen molar-refractivity contribution < 1.29 is 0 Å². The van der Waals surface area contributed by atoms with E-state index in [2.05, 4.69) is 53.0 Å². The molecule has 0 saturated carbocycles. The normalized spacial score (nSPS) is 11.0. The van der Waals surface area contributed by atoms with Gasteiger partial charge in [-0.2, -0.15) is 0 Å². The molecule has 0 saturated heterocycles. The summed E-state index contributed by atoms with van der Waals surface area (Å²) in [6.07, 6.45) is 1.04. The van der Waals surface area contributed by atoms with Crippen LogP contribution in [0.15, 0.2) is 26.9 Å². The van der Waals surface area contributed by atoms with Crippen LogP contribution in [0, 0.1) is 0 Å². The van der Waals surface area contributed by atoms with Crippen molar-refractivity contribution in [2.45, 2.75) is 18.2 Å². The molecule has 68 valence electrons. The van der Waals surface area contributed by atoms with E-state index in [-0.39, 0.29) is 0 Å². The van der Waals surface area contributed by atoms with Crippen molar-refractivity contribution in [3.63, 3.8) is 0 Å². The van der Waals surface area contributed by atoms with Gasteiger partial charge in [0.05, 0.1) is 0 Å².